The molecule has 1 N–H and O–H groups in total. The average Bonchev–Trinajstić information content (AvgIpc) is 3.14. The van der Waals surface area contributed by atoms with Gasteiger partial charge in [0.25, 0.3) is 5.91 Å². The number of H-pyrrole nitrogens is 1. The second-order valence-electron chi connectivity index (χ2n) is 6.90. The van der Waals surface area contributed by atoms with E-state index < -0.39 is 0 Å². The van der Waals surface area contributed by atoms with Crippen molar-refractivity contribution in [2.75, 3.05) is 38.2 Å². The Labute approximate surface area is 174 Å². The summed E-state index contributed by atoms with van der Waals surface area (Å²) in [7, 11) is 1.60. The van der Waals surface area contributed by atoms with Crippen LogP contribution in [0, 0.1) is 0 Å². The van der Waals surface area contributed by atoms with E-state index in [0.717, 1.165) is 18.7 Å². The van der Waals surface area contributed by atoms with Crippen LogP contribution >= 0.6 is 0 Å². The van der Waals surface area contributed by atoms with Crippen LogP contribution in [0.4, 0.5) is 5.95 Å². The minimum atomic E-state index is -0.0920. The molecule has 0 bridgehead atoms. The molecule has 0 spiro atoms. The van der Waals surface area contributed by atoms with Crippen molar-refractivity contribution in [1.29, 1.82) is 0 Å². The number of benzene rings is 1. The minimum Gasteiger partial charge on any atom is -0.493 e. The Morgan fingerprint density at radius 3 is 2.67 bits per heavy atom. The first kappa shape index (κ1) is 19.7. The van der Waals surface area contributed by atoms with Gasteiger partial charge in [-0.1, -0.05) is 12.1 Å². The molecule has 0 unspecified atom stereocenters. The molecule has 1 aromatic carbocycles. The first-order valence-electron chi connectivity index (χ1n) is 9.86. The van der Waals surface area contributed by atoms with Crippen LogP contribution in [-0.4, -0.2) is 64.3 Å². The second kappa shape index (κ2) is 9.25. The van der Waals surface area contributed by atoms with Gasteiger partial charge in [0, 0.05) is 38.6 Å². The standard InChI is InChI=1S/C21H24N6O3/c1-29-18-6-2-3-7-19(18)30-15-16-14-17(25-24-16)20(28)26-10-5-11-27(13-12-26)21-22-8-4-9-23-21/h2-4,6-9,14H,5,10-13,15H2,1H3,(H,24,25). The van der Waals surface area contributed by atoms with Gasteiger partial charge in [-0.15, -0.1) is 0 Å². The highest BCUT2D eigenvalue weighted by Crippen LogP contribution is 2.26. The van der Waals surface area contributed by atoms with Gasteiger partial charge in [-0.3, -0.25) is 9.89 Å². The summed E-state index contributed by atoms with van der Waals surface area (Å²) >= 11 is 0. The maximum absolute atomic E-state index is 12.9. The highest BCUT2D eigenvalue weighted by Gasteiger charge is 2.23. The summed E-state index contributed by atoms with van der Waals surface area (Å²) in [5, 5.41) is 7.08. The summed E-state index contributed by atoms with van der Waals surface area (Å²) in [5.74, 6) is 1.90. The molecule has 156 valence electrons. The summed E-state index contributed by atoms with van der Waals surface area (Å²) in [6.07, 6.45) is 4.31. The van der Waals surface area contributed by atoms with Gasteiger partial charge in [0.05, 0.1) is 12.8 Å². The quantitative estimate of drug-likeness (QED) is 0.667. The number of para-hydroxylation sites is 2. The van der Waals surface area contributed by atoms with Gasteiger partial charge in [-0.2, -0.15) is 5.10 Å². The van der Waals surface area contributed by atoms with Crippen LogP contribution in [-0.2, 0) is 6.61 Å². The third-order valence-corrected chi connectivity index (χ3v) is 4.92. The van der Waals surface area contributed by atoms with Crippen molar-refractivity contribution in [2.24, 2.45) is 0 Å². The second-order valence-corrected chi connectivity index (χ2v) is 6.90. The number of aromatic amines is 1. The molecule has 0 atom stereocenters. The van der Waals surface area contributed by atoms with Crippen molar-refractivity contribution in [1.82, 2.24) is 25.1 Å². The third-order valence-electron chi connectivity index (χ3n) is 4.92. The van der Waals surface area contributed by atoms with E-state index in [4.69, 9.17) is 9.47 Å². The lowest BCUT2D eigenvalue weighted by Gasteiger charge is -2.21. The molecule has 9 heteroatoms. The molecule has 1 aliphatic heterocycles. The Bertz CT molecular complexity index is 978. The van der Waals surface area contributed by atoms with Crippen molar-refractivity contribution in [2.45, 2.75) is 13.0 Å². The first-order chi connectivity index (χ1) is 14.7. The van der Waals surface area contributed by atoms with E-state index in [2.05, 4.69) is 25.1 Å². The molecule has 2 aromatic heterocycles. The smallest absolute Gasteiger partial charge is 0.274 e. The molecule has 1 aliphatic rings. The van der Waals surface area contributed by atoms with E-state index >= 15 is 0 Å². The fourth-order valence-electron chi connectivity index (χ4n) is 3.38. The zero-order valence-corrected chi connectivity index (χ0v) is 16.8. The molecule has 9 nitrogen and oxygen atoms in total. The minimum absolute atomic E-state index is 0.0920. The molecule has 1 saturated heterocycles. The summed E-state index contributed by atoms with van der Waals surface area (Å²) in [5.41, 5.74) is 1.11. The monoisotopic (exact) mass is 408 g/mol. The van der Waals surface area contributed by atoms with Crippen LogP contribution in [0.3, 0.4) is 0 Å². The van der Waals surface area contributed by atoms with Crippen molar-refractivity contribution >= 4 is 11.9 Å². The molecule has 0 aliphatic carbocycles. The van der Waals surface area contributed by atoms with Crippen molar-refractivity contribution in [3.63, 3.8) is 0 Å². The van der Waals surface area contributed by atoms with Gasteiger partial charge < -0.3 is 19.3 Å². The number of carbonyl (C=O) groups is 1. The number of aromatic nitrogens is 4. The van der Waals surface area contributed by atoms with Gasteiger partial charge in [0.1, 0.15) is 6.61 Å². The van der Waals surface area contributed by atoms with E-state index in [-0.39, 0.29) is 12.5 Å². The van der Waals surface area contributed by atoms with Crippen molar-refractivity contribution in [3.8, 4) is 11.5 Å². The van der Waals surface area contributed by atoms with Crippen LogP contribution in [0.1, 0.15) is 22.6 Å². The Hall–Kier alpha value is -3.62. The van der Waals surface area contributed by atoms with Crippen LogP contribution < -0.4 is 14.4 Å². The molecule has 3 heterocycles. The average molecular weight is 408 g/mol. The number of hydrogen-bond donors (Lipinski definition) is 1. The molecular formula is C21H24N6O3. The molecule has 0 saturated carbocycles. The van der Waals surface area contributed by atoms with E-state index in [1.807, 2.05) is 29.2 Å². The molecule has 0 radical (unpaired) electrons. The third kappa shape index (κ3) is 4.51. The van der Waals surface area contributed by atoms with Crippen molar-refractivity contribution in [3.05, 3.63) is 60.2 Å². The first-order valence-corrected chi connectivity index (χ1v) is 9.86. The Kier molecular flexibility index (Phi) is 6.07. The summed E-state index contributed by atoms with van der Waals surface area (Å²) in [6, 6.07) is 11.0. The van der Waals surface area contributed by atoms with Crippen LogP contribution in [0.5, 0.6) is 11.5 Å². The van der Waals surface area contributed by atoms with Crippen LogP contribution in [0.2, 0.25) is 0 Å². The van der Waals surface area contributed by atoms with Crippen LogP contribution in [0.25, 0.3) is 0 Å². The number of ether oxygens (including phenoxy) is 2. The fraction of sp³-hybridized carbons (Fsp3) is 0.333. The molecule has 1 fully saturated rings. The molecule has 30 heavy (non-hydrogen) atoms. The number of nitrogens with one attached hydrogen (secondary N) is 1. The fourth-order valence-corrected chi connectivity index (χ4v) is 3.38. The van der Waals surface area contributed by atoms with Crippen LogP contribution in [0.15, 0.2) is 48.8 Å². The molecule has 4 rings (SSSR count). The van der Waals surface area contributed by atoms with Gasteiger partial charge in [-0.25, -0.2) is 9.97 Å². The normalized spacial score (nSPS) is 14.3. The maximum atomic E-state index is 12.9. The summed E-state index contributed by atoms with van der Waals surface area (Å²) < 4.78 is 11.1. The molecule has 1 amide bonds. The van der Waals surface area contributed by atoms with E-state index in [1.165, 1.54) is 0 Å². The highest BCUT2D eigenvalue weighted by atomic mass is 16.5. The topological polar surface area (TPSA) is 96.5 Å². The van der Waals surface area contributed by atoms with Gasteiger partial charge >= 0.3 is 0 Å². The van der Waals surface area contributed by atoms with Gasteiger partial charge in [0.15, 0.2) is 17.2 Å². The highest BCUT2D eigenvalue weighted by molar-refractivity contribution is 5.92. The number of nitrogens with zero attached hydrogens (tertiary/aromatic N) is 5. The predicted molar refractivity (Wildman–Crippen MR) is 111 cm³/mol. The number of hydrogen-bond acceptors (Lipinski definition) is 7. The Morgan fingerprint density at radius 2 is 1.87 bits per heavy atom. The van der Waals surface area contributed by atoms with Crippen molar-refractivity contribution < 1.29 is 14.3 Å². The van der Waals surface area contributed by atoms with E-state index in [0.29, 0.717) is 42.8 Å². The zero-order chi connectivity index (χ0) is 20.8. The number of methoxy groups -OCH3 is 1. The molecular weight excluding hydrogens is 384 g/mol. The van der Waals surface area contributed by atoms with Gasteiger partial charge in [0.2, 0.25) is 5.95 Å². The lowest BCUT2D eigenvalue weighted by molar-refractivity contribution is 0.0761. The predicted octanol–water partition coefficient (Wildman–Crippen LogP) is 2.14. The lowest BCUT2D eigenvalue weighted by Crippen LogP contribution is -2.35. The SMILES string of the molecule is COc1ccccc1OCc1cc(C(=O)N2CCCN(c3ncccn3)CC2)n[nH]1. The summed E-state index contributed by atoms with van der Waals surface area (Å²) in [4.78, 5) is 25.5. The number of rotatable bonds is 6. The number of amides is 1. The maximum Gasteiger partial charge on any atom is 0.274 e. The summed E-state index contributed by atoms with van der Waals surface area (Å²) in [6.45, 7) is 3.02. The Balaban J connectivity index is 1.35. The van der Waals surface area contributed by atoms with Gasteiger partial charge in [-0.05, 0) is 30.7 Å². The van der Waals surface area contributed by atoms with E-state index in [1.54, 1.807) is 31.6 Å². The van der Waals surface area contributed by atoms with E-state index in [9.17, 15) is 4.79 Å². The zero-order valence-electron chi connectivity index (χ0n) is 16.8. The largest absolute Gasteiger partial charge is 0.493 e. The molecule has 3 aromatic rings. The number of carbonyl (C=O) groups excluding carboxylic acids is 1. The number of anilines is 1. The lowest BCUT2D eigenvalue weighted by atomic mass is 10.3. The Morgan fingerprint density at radius 1 is 1.07 bits per heavy atom.